The first-order valence-electron chi connectivity index (χ1n) is 5.66. The van der Waals surface area contributed by atoms with Crippen molar-refractivity contribution < 1.29 is 13.5 Å². The molecule has 0 saturated heterocycles. The van der Waals surface area contributed by atoms with Gasteiger partial charge in [0.15, 0.2) is 9.84 Å². The quantitative estimate of drug-likeness (QED) is 0.904. The highest BCUT2D eigenvalue weighted by Gasteiger charge is 2.29. The molecule has 0 aliphatic heterocycles. The van der Waals surface area contributed by atoms with E-state index < -0.39 is 15.1 Å². The molecule has 1 aromatic carbocycles. The van der Waals surface area contributed by atoms with Gasteiger partial charge in [-0.2, -0.15) is 0 Å². The molecule has 0 aromatic heterocycles. The van der Waals surface area contributed by atoms with E-state index in [4.69, 9.17) is 0 Å². The minimum absolute atomic E-state index is 0.0248. The molecular formula is C13H20O3S. The first-order chi connectivity index (χ1) is 7.64. The Kier molecular flexibility index (Phi) is 3.87. The highest BCUT2D eigenvalue weighted by Crippen LogP contribution is 2.31. The number of hydrogen-bond acceptors (Lipinski definition) is 3. The van der Waals surface area contributed by atoms with Gasteiger partial charge in [0, 0.05) is 0 Å². The van der Waals surface area contributed by atoms with Crippen molar-refractivity contribution in [1.82, 2.24) is 0 Å². The van der Waals surface area contributed by atoms with Crippen LogP contribution in [0.4, 0.5) is 0 Å². The Morgan fingerprint density at radius 3 is 2.24 bits per heavy atom. The lowest BCUT2D eigenvalue weighted by atomic mass is 9.91. The molecule has 1 rings (SSSR count). The maximum atomic E-state index is 12.3. The number of para-hydroxylation sites is 1. The van der Waals surface area contributed by atoms with Crippen molar-refractivity contribution in [1.29, 1.82) is 0 Å². The number of hydrogen-bond donors (Lipinski definition) is 1. The third-order valence-corrected chi connectivity index (χ3v) is 4.79. The predicted octanol–water partition coefficient (Wildman–Crippen LogP) is 2.99. The molecule has 1 N–H and O–H groups in total. The molecule has 0 aliphatic carbocycles. The summed E-state index contributed by atoms with van der Waals surface area (Å²) in [5.74, 6) is -0.173. The SMILES string of the molecule is CC(CC(C)(C)C)S(=O)(=O)c1ccccc1O. The van der Waals surface area contributed by atoms with Gasteiger partial charge in [0.2, 0.25) is 0 Å². The first kappa shape index (κ1) is 14.0. The summed E-state index contributed by atoms with van der Waals surface area (Å²) in [7, 11) is -3.45. The Morgan fingerprint density at radius 2 is 1.76 bits per heavy atom. The number of rotatable bonds is 3. The van der Waals surface area contributed by atoms with Crippen LogP contribution >= 0.6 is 0 Å². The molecule has 0 fully saturated rings. The topological polar surface area (TPSA) is 54.4 Å². The van der Waals surface area contributed by atoms with Crippen molar-refractivity contribution in [3.8, 4) is 5.75 Å². The van der Waals surface area contributed by atoms with Crippen molar-refractivity contribution in [2.75, 3.05) is 0 Å². The van der Waals surface area contributed by atoms with E-state index >= 15 is 0 Å². The summed E-state index contributed by atoms with van der Waals surface area (Å²) in [6, 6.07) is 6.08. The summed E-state index contributed by atoms with van der Waals surface area (Å²) in [5.41, 5.74) is -0.0586. The zero-order chi connectivity index (χ0) is 13.3. The molecule has 96 valence electrons. The summed E-state index contributed by atoms with van der Waals surface area (Å²) in [4.78, 5) is 0.0248. The summed E-state index contributed by atoms with van der Waals surface area (Å²) < 4.78 is 24.5. The number of aromatic hydroxyl groups is 1. The van der Waals surface area contributed by atoms with Crippen LogP contribution in [0.25, 0.3) is 0 Å². The molecule has 1 aromatic rings. The molecule has 0 spiro atoms. The fourth-order valence-electron chi connectivity index (χ4n) is 1.89. The number of benzene rings is 1. The summed E-state index contributed by atoms with van der Waals surface area (Å²) in [5, 5.41) is 9.11. The Labute approximate surface area is 103 Å². The summed E-state index contributed by atoms with van der Waals surface area (Å²) >= 11 is 0. The predicted molar refractivity (Wildman–Crippen MR) is 68.8 cm³/mol. The first-order valence-corrected chi connectivity index (χ1v) is 7.21. The monoisotopic (exact) mass is 256 g/mol. The Balaban J connectivity index is 3.09. The molecule has 0 saturated carbocycles. The van der Waals surface area contributed by atoms with Gasteiger partial charge in [-0.05, 0) is 30.9 Å². The number of sulfone groups is 1. The maximum absolute atomic E-state index is 12.3. The average molecular weight is 256 g/mol. The second-order valence-corrected chi connectivity index (χ2v) is 7.92. The summed E-state index contributed by atoms with van der Waals surface area (Å²) in [6.07, 6.45) is 0.559. The average Bonchev–Trinajstić information content (AvgIpc) is 2.15. The van der Waals surface area contributed by atoms with E-state index in [1.165, 1.54) is 12.1 Å². The zero-order valence-corrected chi connectivity index (χ0v) is 11.6. The van der Waals surface area contributed by atoms with Crippen LogP contribution in [-0.4, -0.2) is 18.8 Å². The lowest BCUT2D eigenvalue weighted by Gasteiger charge is -2.23. The van der Waals surface area contributed by atoms with Gasteiger partial charge in [-0.3, -0.25) is 0 Å². The molecule has 0 amide bonds. The molecule has 3 nitrogen and oxygen atoms in total. The second-order valence-electron chi connectivity index (χ2n) is 5.59. The fourth-order valence-corrected chi connectivity index (χ4v) is 3.67. The van der Waals surface area contributed by atoms with Crippen LogP contribution in [0, 0.1) is 5.41 Å². The van der Waals surface area contributed by atoms with E-state index in [0.29, 0.717) is 6.42 Å². The van der Waals surface area contributed by atoms with Crippen LogP contribution in [-0.2, 0) is 9.84 Å². The van der Waals surface area contributed by atoms with Gasteiger partial charge in [0.25, 0.3) is 0 Å². The smallest absolute Gasteiger partial charge is 0.184 e. The zero-order valence-electron chi connectivity index (χ0n) is 10.8. The Bertz CT molecular complexity index is 484. The van der Waals surface area contributed by atoms with Gasteiger partial charge in [0.1, 0.15) is 10.6 Å². The maximum Gasteiger partial charge on any atom is 0.184 e. The number of phenolic OH excluding ortho intramolecular Hbond substituents is 1. The highest BCUT2D eigenvalue weighted by atomic mass is 32.2. The second kappa shape index (κ2) is 4.69. The van der Waals surface area contributed by atoms with Crippen molar-refractivity contribution in [2.24, 2.45) is 5.41 Å². The van der Waals surface area contributed by atoms with E-state index in [1.54, 1.807) is 19.1 Å². The highest BCUT2D eigenvalue weighted by molar-refractivity contribution is 7.92. The molecule has 1 atom stereocenters. The molecule has 4 heteroatoms. The molecule has 0 bridgehead atoms. The van der Waals surface area contributed by atoms with Crippen LogP contribution in [0.2, 0.25) is 0 Å². The van der Waals surface area contributed by atoms with E-state index in [0.717, 1.165) is 0 Å². The van der Waals surface area contributed by atoms with Crippen LogP contribution in [0.15, 0.2) is 29.2 Å². The van der Waals surface area contributed by atoms with Crippen molar-refractivity contribution in [2.45, 2.75) is 44.3 Å². The molecule has 1 unspecified atom stereocenters. The van der Waals surface area contributed by atoms with Gasteiger partial charge in [-0.25, -0.2) is 8.42 Å². The van der Waals surface area contributed by atoms with Gasteiger partial charge in [-0.15, -0.1) is 0 Å². The fraction of sp³-hybridized carbons (Fsp3) is 0.538. The molecule has 0 aliphatic rings. The molecular weight excluding hydrogens is 236 g/mol. The van der Waals surface area contributed by atoms with E-state index in [-0.39, 0.29) is 16.1 Å². The van der Waals surface area contributed by atoms with Crippen LogP contribution < -0.4 is 0 Å². The van der Waals surface area contributed by atoms with Gasteiger partial charge >= 0.3 is 0 Å². The number of phenols is 1. The van der Waals surface area contributed by atoms with E-state index in [1.807, 2.05) is 20.8 Å². The Morgan fingerprint density at radius 1 is 1.24 bits per heavy atom. The van der Waals surface area contributed by atoms with Crippen LogP contribution in [0.5, 0.6) is 5.75 Å². The van der Waals surface area contributed by atoms with Crippen molar-refractivity contribution in [3.63, 3.8) is 0 Å². The molecule has 0 radical (unpaired) electrons. The third kappa shape index (κ3) is 3.46. The standard InChI is InChI=1S/C13H20O3S/c1-10(9-13(2,3)4)17(15,16)12-8-6-5-7-11(12)14/h5-8,10,14H,9H2,1-4H3. The molecule has 0 heterocycles. The van der Waals surface area contributed by atoms with Gasteiger partial charge in [-0.1, -0.05) is 32.9 Å². The molecule has 17 heavy (non-hydrogen) atoms. The Hall–Kier alpha value is -1.03. The lowest BCUT2D eigenvalue weighted by molar-refractivity contribution is 0.371. The third-order valence-electron chi connectivity index (χ3n) is 2.60. The summed E-state index contributed by atoms with van der Waals surface area (Å²) in [6.45, 7) is 7.70. The van der Waals surface area contributed by atoms with E-state index in [9.17, 15) is 13.5 Å². The normalized spacial score (nSPS) is 14.6. The lowest BCUT2D eigenvalue weighted by Crippen LogP contribution is -2.24. The van der Waals surface area contributed by atoms with Gasteiger partial charge < -0.3 is 5.11 Å². The minimum atomic E-state index is -3.45. The van der Waals surface area contributed by atoms with Crippen LogP contribution in [0.3, 0.4) is 0 Å². The van der Waals surface area contributed by atoms with Crippen LogP contribution in [0.1, 0.15) is 34.1 Å². The largest absolute Gasteiger partial charge is 0.507 e. The minimum Gasteiger partial charge on any atom is -0.507 e. The van der Waals surface area contributed by atoms with E-state index in [2.05, 4.69) is 0 Å². The van der Waals surface area contributed by atoms with Gasteiger partial charge in [0.05, 0.1) is 5.25 Å². The van der Waals surface area contributed by atoms with Crippen molar-refractivity contribution in [3.05, 3.63) is 24.3 Å². The van der Waals surface area contributed by atoms with Crippen molar-refractivity contribution >= 4 is 9.84 Å².